The third-order valence-corrected chi connectivity index (χ3v) is 5.61. The number of hydrogen-bond acceptors (Lipinski definition) is 1. The molecule has 0 N–H and O–H groups in total. The van der Waals surface area contributed by atoms with Gasteiger partial charge in [0, 0.05) is 5.41 Å². The van der Waals surface area contributed by atoms with E-state index in [1.54, 1.807) is 18.1 Å². The molecule has 0 fully saturated rings. The van der Waals surface area contributed by atoms with E-state index in [0.29, 0.717) is 17.6 Å². The molecule has 0 aliphatic heterocycles. The van der Waals surface area contributed by atoms with E-state index in [1.807, 2.05) is 0 Å². The molecule has 0 aromatic heterocycles. The Labute approximate surface area is 106 Å². The van der Waals surface area contributed by atoms with Gasteiger partial charge in [-0.2, -0.15) is 0 Å². The topological polar surface area (TPSA) is 17.1 Å². The summed E-state index contributed by atoms with van der Waals surface area (Å²) in [5, 5.41) is 0. The lowest BCUT2D eigenvalue weighted by Crippen LogP contribution is -2.39. The smallest absolute Gasteiger partial charge is 0.136 e. The van der Waals surface area contributed by atoms with E-state index in [4.69, 9.17) is 0 Å². The molecular weight excluding hydrogens is 208 g/mol. The Morgan fingerprint density at radius 3 is 2.18 bits per heavy atom. The van der Waals surface area contributed by atoms with Gasteiger partial charge in [0.05, 0.1) is 0 Å². The fourth-order valence-corrected chi connectivity index (χ4v) is 3.70. The van der Waals surface area contributed by atoms with Gasteiger partial charge in [-0.1, -0.05) is 38.8 Å². The van der Waals surface area contributed by atoms with Gasteiger partial charge in [0.1, 0.15) is 5.78 Å². The predicted octanol–water partition coefficient (Wildman–Crippen LogP) is 4.37. The molecule has 17 heavy (non-hydrogen) atoms. The summed E-state index contributed by atoms with van der Waals surface area (Å²) in [5.41, 5.74) is 3.21. The van der Waals surface area contributed by atoms with Crippen molar-refractivity contribution in [1.82, 2.24) is 0 Å². The molecule has 0 spiro atoms. The minimum absolute atomic E-state index is 0.107. The van der Waals surface area contributed by atoms with Crippen LogP contribution in [0.2, 0.25) is 0 Å². The summed E-state index contributed by atoms with van der Waals surface area (Å²) < 4.78 is 0. The summed E-state index contributed by atoms with van der Waals surface area (Å²) in [7, 11) is 0. The Hall–Kier alpha value is -0.590. The van der Waals surface area contributed by atoms with E-state index in [9.17, 15) is 4.79 Å². The van der Waals surface area contributed by atoms with Gasteiger partial charge in [0.25, 0.3) is 0 Å². The fraction of sp³-hybridized carbons (Fsp3) is 0.812. The molecule has 0 heterocycles. The monoisotopic (exact) mass is 234 g/mol. The van der Waals surface area contributed by atoms with Crippen LogP contribution in [0.5, 0.6) is 0 Å². The van der Waals surface area contributed by atoms with Gasteiger partial charge < -0.3 is 0 Å². The molecular formula is C16H26O. The van der Waals surface area contributed by atoms with E-state index >= 15 is 0 Å². The SMILES string of the molecule is CC(=O)C1(C)CC2=C(CC1C)C(C)CCC2C. The highest BCUT2D eigenvalue weighted by Gasteiger charge is 2.43. The van der Waals surface area contributed by atoms with Gasteiger partial charge in [-0.3, -0.25) is 4.79 Å². The lowest BCUT2D eigenvalue weighted by molar-refractivity contribution is -0.128. The quantitative estimate of drug-likeness (QED) is 0.616. The van der Waals surface area contributed by atoms with Crippen molar-refractivity contribution in [3.8, 4) is 0 Å². The maximum atomic E-state index is 12.0. The fourth-order valence-electron chi connectivity index (χ4n) is 3.70. The van der Waals surface area contributed by atoms with Crippen LogP contribution in [-0.4, -0.2) is 5.78 Å². The van der Waals surface area contributed by atoms with Gasteiger partial charge in [-0.25, -0.2) is 0 Å². The molecule has 4 atom stereocenters. The van der Waals surface area contributed by atoms with Gasteiger partial charge in [0.2, 0.25) is 0 Å². The molecule has 2 aliphatic rings. The van der Waals surface area contributed by atoms with Crippen LogP contribution in [0.4, 0.5) is 0 Å². The van der Waals surface area contributed by atoms with Crippen molar-refractivity contribution < 1.29 is 4.79 Å². The lowest BCUT2D eigenvalue weighted by Gasteiger charge is -2.45. The van der Waals surface area contributed by atoms with Crippen LogP contribution in [0.1, 0.15) is 60.3 Å². The summed E-state index contributed by atoms with van der Waals surface area (Å²) in [6.07, 6.45) is 4.81. The highest BCUT2D eigenvalue weighted by Crippen LogP contribution is 2.51. The van der Waals surface area contributed by atoms with E-state index in [0.717, 1.165) is 18.8 Å². The Morgan fingerprint density at radius 1 is 1.12 bits per heavy atom. The average molecular weight is 234 g/mol. The van der Waals surface area contributed by atoms with Crippen LogP contribution in [0.15, 0.2) is 11.1 Å². The van der Waals surface area contributed by atoms with Crippen molar-refractivity contribution in [2.75, 3.05) is 0 Å². The van der Waals surface area contributed by atoms with Crippen molar-refractivity contribution in [2.24, 2.45) is 23.2 Å². The predicted molar refractivity (Wildman–Crippen MR) is 71.8 cm³/mol. The number of carbonyl (C=O) groups excluding carboxylic acids is 1. The summed E-state index contributed by atoms with van der Waals surface area (Å²) in [5.74, 6) is 2.33. The number of ketones is 1. The third kappa shape index (κ3) is 1.98. The molecule has 0 saturated heterocycles. The summed E-state index contributed by atoms with van der Waals surface area (Å²) in [4.78, 5) is 12.0. The molecule has 2 rings (SSSR count). The number of rotatable bonds is 1. The zero-order valence-electron chi connectivity index (χ0n) is 12.0. The van der Waals surface area contributed by atoms with Crippen LogP contribution in [-0.2, 0) is 4.79 Å². The van der Waals surface area contributed by atoms with Gasteiger partial charge >= 0.3 is 0 Å². The zero-order chi connectivity index (χ0) is 12.8. The van der Waals surface area contributed by atoms with Crippen molar-refractivity contribution in [3.05, 3.63) is 11.1 Å². The second-order valence-corrected chi connectivity index (χ2v) is 6.69. The van der Waals surface area contributed by atoms with Crippen molar-refractivity contribution in [1.29, 1.82) is 0 Å². The summed E-state index contributed by atoms with van der Waals surface area (Å²) >= 11 is 0. The molecule has 4 unspecified atom stereocenters. The molecule has 1 nitrogen and oxygen atoms in total. The first-order valence-corrected chi connectivity index (χ1v) is 7.09. The van der Waals surface area contributed by atoms with E-state index in [1.165, 1.54) is 12.8 Å². The van der Waals surface area contributed by atoms with Crippen LogP contribution in [0.3, 0.4) is 0 Å². The van der Waals surface area contributed by atoms with E-state index in [-0.39, 0.29) is 5.41 Å². The normalized spacial score (nSPS) is 42.3. The molecule has 0 saturated carbocycles. The van der Waals surface area contributed by atoms with Crippen molar-refractivity contribution in [3.63, 3.8) is 0 Å². The first-order chi connectivity index (χ1) is 7.86. The molecule has 1 heteroatoms. The molecule has 96 valence electrons. The van der Waals surface area contributed by atoms with Gasteiger partial charge in [-0.15, -0.1) is 0 Å². The molecule has 0 bridgehead atoms. The Bertz CT molecular complexity index is 366. The Kier molecular flexibility index (Phi) is 3.22. The van der Waals surface area contributed by atoms with E-state index in [2.05, 4.69) is 27.7 Å². The molecule has 2 aliphatic carbocycles. The number of Topliss-reactive ketones (excluding diaryl/α,β-unsaturated/α-hetero) is 1. The minimum atomic E-state index is -0.107. The first-order valence-electron chi connectivity index (χ1n) is 7.09. The third-order valence-electron chi connectivity index (χ3n) is 5.61. The maximum Gasteiger partial charge on any atom is 0.136 e. The second-order valence-electron chi connectivity index (χ2n) is 6.69. The van der Waals surface area contributed by atoms with Crippen LogP contribution >= 0.6 is 0 Å². The molecule has 0 aromatic rings. The van der Waals surface area contributed by atoms with Crippen LogP contribution in [0, 0.1) is 23.2 Å². The number of allylic oxidation sites excluding steroid dienone is 2. The largest absolute Gasteiger partial charge is 0.299 e. The highest BCUT2D eigenvalue weighted by atomic mass is 16.1. The van der Waals surface area contributed by atoms with Crippen molar-refractivity contribution >= 4 is 5.78 Å². The minimum Gasteiger partial charge on any atom is -0.299 e. The van der Waals surface area contributed by atoms with Gasteiger partial charge in [-0.05, 0) is 50.4 Å². The summed E-state index contributed by atoms with van der Waals surface area (Å²) in [6.45, 7) is 10.9. The number of carbonyl (C=O) groups is 1. The Morgan fingerprint density at radius 2 is 1.65 bits per heavy atom. The molecule has 0 amide bonds. The standard InChI is InChI=1S/C16H26O/c1-10-6-7-11(2)15-9-16(5,13(4)17)12(3)8-14(10)15/h10-12H,6-9H2,1-5H3. The molecule has 0 aromatic carbocycles. The zero-order valence-corrected chi connectivity index (χ0v) is 12.0. The maximum absolute atomic E-state index is 12.0. The highest BCUT2D eigenvalue weighted by molar-refractivity contribution is 5.83. The van der Waals surface area contributed by atoms with Crippen LogP contribution in [0.25, 0.3) is 0 Å². The summed E-state index contributed by atoms with van der Waals surface area (Å²) in [6, 6.07) is 0. The first kappa shape index (κ1) is 12.9. The van der Waals surface area contributed by atoms with E-state index < -0.39 is 0 Å². The van der Waals surface area contributed by atoms with Crippen molar-refractivity contribution in [2.45, 2.75) is 60.3 Å². The Balaban J connectivity index is 2.38. The average Bonchev–Trinajstić information content (AvgIpc) is 2.26. The lowest BCUT2D eigenvalue weighted by atomic mass is 9.59. The van der Waals surface area contributed by atoms with Gasteiger partial charge in [0.15, 0.2) is 0 Å². The second kappa shape index (κ2) is 4.26. The number of hydrogen-bond donors (Lipinski definition) is 0. The van der Waals surface area contributed by atoms with Crippen LogP contribution < -0.4 is 0 Å². The molecule has 0 radical (unpaired) electrons.